The van der Waals surface area contributed by atoms with Crippen LogP contribution in [0.1, 0.15) is 43.0 Å². The molecular formula is C16H19FN4O2S2. The number of halogens is 1. The van der Waals surface area contributed by atoms with E-state index in [1.165, 1.54) is 28.0 Å². The summed E-state index contributed by atoms with van der Waals surface area (Å²) in [6, 6.07) is 4.22. The molecule has 2 heterocycles. The zero-order valence-electron chi connectivity index (χ0n) is 14.4. The number of nitrogens with zero attached hydrogens (tertiary/aromatic N) is 3. The van der Waals surface area contributed by atoms with Gasteiger partial charge in [-0.2, -0.15) is 18.0 Å². The molecule has 6 nitrogen and oxygen atoms in total. The summed E-state index contributed by atoms with van der Waals surface area (Å²) in [6.07, 6.45) is 0.450. The van der Waals surface area contributed by atoms with Crippen LogP contribution >= 0.6 is 11.3 Å². The van der Waals surface area contributed by atoms with Crippen molar-refractivity contribution in [3.8, 4) is 0 Å². The van der Waals surface area contributed by atoms with Crippen LogP contribution < -0.4 is 4.72 Å². The van der Waals surface area contributed by atoms with E-state index in [-0.39, 0.29) is 16.6 Å². The Balaban J connectivity index is 2.10. The highest BCUT2D eigenvalue weighted by Crippen LogP contribution is 2.28. The maximum Gasteiger partial charge on any atom is 0.281 e. The zero-order valence-corrected chi connectivity index (χ0v) is 16.0. The lowest BCUT2D eigenvalue weighted by molar-refractivity contribution is 0.590. The lowest BCUT2D eigenvalue weighted by Gasteiger charge is -2.09. The second kappa shape index (κ2) is 6.38. The predicted octanol–water partition coefficient (Wildman–Crippen LogP) is 3.72. The summed E-state index contributed by atoms with van der Waals surface area (Å²) in [6.45, 7) is 7.42. The standard InChI is InChI=1S/C16H19FN4O2S2/c1-5-13-15(21-16(18-13)24-14(19-21)9(2)3)25(22,23)20-11-7-6-10(4)12(17)8-11/h6-9,20H,5H2,1-4H3. The molecule has 1 N–H and O–H groups in total. The van der Waals surface area contributed by atoms with Crippen molar-refractivity contribution in [3.05, 3.63) is 40.3 Å². The summed E-state index contributed by atoms with van der Waals surface area (Å²) in [7, 11) is -3.95. The van der Waals surface area contributed by atoms with E-state index in [0.29, 0.717) is 22.6 Å². The van der Waals surface area contributed by atoms with Crippen LogP contribution in [-0.2, 0) is 16.4 Å². The van der Waals surface area contributed by atoms with Gasteiger partial charge in [0.25, 0.3) is 10.0 Å². The number of rotatable bonds is 5. The first kappa shape index (κ1) is 17.8. The maximum absolute atomic E-state index is 13.7. The summed E-state index contributed by atoms with van der Waals surface area (Å²) in [5.74, 6) is -0.295. The molecule has 0 spiro atoms. The highest BCUT2D eigenvalue weighted by molar-refractivity contribution is 7.92. The molecule has 0 saturated heterocycles. The van der Waals surface area contributed by atoms with Crippen LogP contribution in [0.4, 0.5) is 10.1 Å². The Kier molecular flexibility index (Phi) is 4.54. The predicted molar refractivity (Wildman–Crippen MR) is 96.3 cm³/mol. The van der Waals surface area contributed by atoms with Crippen molar-refractivity contribution < 1.29 is 12.8 Å². The fourth-order valence-electron chi connectivity index (χ4n) is 2.38. The van der Waals surface area contributed by atoms with Gasteiger partial charge in [0.1, 0.15) is 10.8 Å². The van der Waals surface area contributed by atoms with Gasteiger partial charge in [-0.3, -0.25) is 4.72 Å². The molecule has 0 unspecified atom stereocenters. The third-order valence-corrected chi connectivity index (χ3v) is 6.38. The van der Waals surface area contributed by atoms with Gasteiger partial charge in [-0.05, 0) is 31.0 Å². The molecule has 0 aliphatic rings. The number of anilines is 1. The summed E-state index contributed by atoms with van der Waals surface area (Å²) < 4.78 is 43.3. The van der Waals surface area contributed by atoms with Crippen LogP contribution in [-0.4, -0.2) is 23.0 Å². The first-order valence-corrected chi connectivity index (χ1v) is 10.2. The second-order valence-electron chi connectivity index (χ2n) is 6.08. The number of hydrogen-bond acceptors (Lipinski definition) is 5. The molecule has 2 aromatic heterocycles. The minimum Gasteiger partial charge on any atom is -0.278 e. The molecule has 0 saturated carbocycles. The van der Waals surface area contributed by atoms with Crippen molar-refractivity contribution in [2.24, 2.45) is 0 Å². The van der Waals surface area contributed by atoms with Crippen molar-refractivity contribution >= 4 is 32.0 Å². The SMILES string of the molecule is CCc1nc2sc(C(C)C)nn2c1S(=O)(=O)Nc1ccc(C)c(F)c1. The van der Waals surface area contributed by atoms with Crippen LogP contribution in [0.2, 0.25) is 0 Å². The number of aryl methyl sites for hydroxylation is 2. The molecule has 9 heteroatoms. The molecule has 25 heavy (non-hydrogen) atoms. The van der Waals surface area contributed by atoms with E-state index in [1.807, 2.05) is 20.8 Å². The van der Waals surface area contributed by atoms with E-state index < -0.39 is 15.8 Å². The molecule has 0 bridgehead atoms. The van der Waals surface area contributed by atoms with Gasteiger partial charge in [0, 0.05) is 5.92 Å². The van der Waals surface area contributed by atoms with Crippen LogP contribution in [0.5, 0.6) is 0 Å². The quantitative estimate of drug-likeness (QED) is 0.729. The third-order valence-electron chi connectivity index (χ3n) is 3.75. The molecule has 0 atom stereocenters. The van der Waals surface area contributed by atoms with Gasteiger partial charge in [0.05, 0.1) is 11.4 Å². The average molecular weight is 382 g/mol. The van der Waals surface area contributed by atoms with Gasteiger partial charge in [-0.1, -0.05) is 38.2 Å². The van der Waals surface area contributed by atoms with Crippen LogP contribution in [0, 0.1) is 12.7 Å². The van der Waals surface area contributed by atoms with E-state index in [9.17, 15) is 12.8 Å². The minimum absolute atomic E-state index is 0.00846. The van der Waals surface area contributed by atoms with Crippen molar-refractivity contribution in [2.75, 3.05) is 4.72 Å². The van der Waals surface area contributed by atoms with Crippen molar-refractivity contribution in [2.45, 2.75) is 45.1 Å². The first-order chi connectivity index (χ1) is 11.7. The van der Waals surface area contributed by atoms with Crippen LogP contribution in [0.25, 0.3) is 4.96 Å². The topological polar surface area (TPSA) is 76.4 Å². The fourth-order valence-corrected chi connectivity index (χ4v) is 4.75. The summed E-state index contributed by atoms with van der Waals surface area (Å²) in [5, 5.41) is 5.22. The van der Waals surface area contributed by atoms with Gasteiger partial charge in [-0.25, -0.2) is 9.37 Å². The van der Waals surface area contributed by atoms with Gasteiger partial charge >= 0.3 is 0 Å². The van der Waals surface area contributed by atoms with Gasteiger partial charge in [0.15, 0.2) is 0 Å². The number of fused-ring (bicyclic) bond motifs is 1. The average Bonchev–Trinajstić information content (AvgIpc) is 3.07. The number of imidazole rings is 1. The zero-order chi connectivity index (χ0) is 18.4. The Hall–Kier alpha value is -2.00. The Labute approximate surface area is 149 Å². The number of sulfonamides is 1. The molecule has 3 aromatic rings. The molecule has 134 valence electrons. The summed E-state index contributed by atoms with van der Waals surface area (Å²) in [5.41, 5.74) is 1.05. The van der Waals surface area contributed by atoms with Crippen LogP contribution in [0.15, 0.2) is 23.2 Å². The number of benzene rings is 1. The molecule has 0 aliphatic carbocycles. The lowest BCUT2D eigenvalue weighted by Crippen LogP contribution is -2.17. The van der Waals surface area contributed by atoms with E-state index in [2.05, 4.69) is 14.8 Å². The molecular weight excluding hydrogens is 363 g/mol. The largest absolute Gasteiger partial charge is 0.281 e. The van der Waals surface area contributed by atoms with E-state index >= 15 is 0 Å². The second-order valence-corrected chi connectivity index (χ2v) is 8.66. The Bertz CT molecular complexity index is 1040. The lowest BCUT2D eigenvalue weighted by atomic mass is 10.2. The number of nitrogens with one attached hydrogen (secondary N) is 1. The molecule has 0 radical (unpaired) electrons. The highest BCUT2D eigenvalue weighted by Gasteiger charge is 2.27. The molecule has 1 aromatic carbocycles. The Morgan fingerprint density at radius 3 is 2.68 bits per heavy atom. The van der Waals surface area contributed by atoms with Gasteiger partial charge in [-0.15, -0.1) is 0 Å². The van der Waals surface area contributed by atoms with Gasteiger partial charge < -0.3 is 0 Å². The number of hydrogen-bond donors (Lipinski definition) is 1. The van der Waals surface area contributed by atoms with E-state index in [0.717, 1.165) is 11.1 Å². The number of aromatic nitrogens is 3. The summed E-state index contributed by atoms with van der Waals surface area (Å²) in [4.78, 5) is 4.94. The van der Waals surface area contributed by atoms with Crippen molar-refractivity contribution in [1.82, 2.24) is 14.6 Å². The first-order valence-electron chi connectivity index (χ1n) is 7.90. The fraction of sp³-hybridized carbons (Fsp3) is 0.375. The smallest absolute Gasteiger partial charge is 0.278 e. The Morgan fingerprint density at radius 1 is 1.36 bits per heavy atom. The normalized spacial score (nSPS) is 12.2. The third kappa shape index (κ3) is 3.25. The highest BCUT2D eigenvalue weighted by atomic mass is 32.2. The monoisotopic (exact) mass is 382 g/mol. The maximum atomic E-state index is 13.7. The molecule has 0 amide bonds. The van der Waals surface area contributed by atoms with E-state index in [4.69, 9.17) is 0 Å². The molecule has 0 fully saturated rings. The van der Waals surface area contributed by atoms with Crippen molar-refractivity contribution in [3.63, 3.8) is 0 Å². The molecule has 3 rings (SSSR count). The molecule has 0 aliphatic heterocycles. The van der Waals surface area contributed by atoms with E-state index in [1.54, 1.807) is 6.92 Å². The minimum atomic E-state index is -3.95. The van der Waals surface area contributed by atoms with Crippen LogP contribution in [0.3, 0.4) is 0 Å². The Morgan fingerprint density at radius 2 is 2.08 bits per heavy atom. The summed E-state index contributed by atoms with van der Waals surface area (Å²) >= 11 is 1.37. The van der Waals surface area contributed by atoms with Crippen molar-refractivity contribution in [1.29, 1.82) is 0 Å². The van der Waals surface area contributed by atoms with Gasteiger partial charge in [0.2, 0.25) is 9.99 Å².